The number of aromatic amines is 1. The molecule has 29 heavy (non-hydrogen) atoms. The molecule has 0 spiro atoms. The van der Waals surface area contributed by atoms with Gasteiger partial charge in [0, 0.05) is 41.1 Å². The van der Waals surface area contributed by atoms with Gasteiger partial charge >= 0.3 is 0 Å². The summed E-state index contributed by atoms with van der Waals surface area (Å²) in [5.41, 5.74) is 5.72. The number of benzene rings is 1. The molecule has 2 amide bonds. The van der Waals surface area contributed by atoms with Crippen molar-refractivity contribution in [1.82, 2.24) is 15.2 Å². The van der Waals surface area contributed by atoms with Gasteiger partial charge in [-0.3, -0.25) is 9.59 Å². The molecule has 1 aromatic heterocycles. The molecule has 3 N–H and O–H groups in total. The largest absolute Gasteiger partial charge is 0.358 e. The molecule has 152 valence electrons. The summed E-state index contributed by atoms with van der Waals surface area (Å²) in [6.07, 6.45) is 3.62. The van der Waals surface area contributed by atoms with Crippen LogP contribution in [0.1, 0.15) is 46.2 Å². The van der Waals surface area contributed by atoms with Crippen LogP contribution in [0.2, 0.25) is 0 Å². The Morgan fingerprint density at radius 3 is 2.90 bits per heavy atom. The topological polar surface area (TPSA) is 77.2 Å². The lowest BCUT2D eigenvalue weighted by molar-refractivity contribution is -0.110. The molecule has 0 saturated carbocycles. The van der Waals surface area contributed by atoms with Crippen LogP contribution in [-0.2, 0) is 11.2 Å². The van der Waals surface area contributed by atoms with Crippen molar-refractivity contribution in [2.24, 2.45) is 0 Å². The molecule has 3 heterocycles. The molecule has 0 saturated heterocycles. The first-order valence-electron chi connectivity index (χ1n) is 10.0. The molecule has 6 nitrogen and oxygen atoms in total. The quantitative estimate of drug-likeness (QED) is 0.475. The smallest absolute Gasteiger partial charge is 0.256 e. The fraction of sp³-hybridized carbons (Fsp3) is 0.364. The first-order valence-corrected chi connectivity index (χ1v) is 10.8. The average molecular weight is 457 g/mol. The van der Waals surface area contributed by atoms with Gasteiger partial charge in [0.05, 0.1) is 16.8 Å². The molecule has 0 radical (unpaired) electrons. The number of hydrogen-bond acceptors (Lipinski definition) is 3. The Morgan fingerprint density at radius 2 is 2.10 bits per heavy atom. The van der Waals surface area contributed by atoms with Crippen molar-refractivity contribution in [1.29, 1.82) is 0 Å². The molecule has 0 unspecified atom stereocenters. The number of nitrogens with one attached hydrogen (secondary N) is 3. The molecule has 0 fully saturated rings. The highest BCUT2D eigenvalue weighted by Gasteiger charge is 2.29. The van der Waals surface area contributed by atoms with Crippen LogP contribution in [0.25, 0.3) is 11.6 Å². The van der Waals surface area contributed by atoms with Crippen molar-refractivity contribution in [3.63, 3.8) is 0 Å². The van der Waals surface area contributed by atoms with E-state index >= 15 is 0 Å². The van der Waals surface area contributed by atoms with Gasteiger partial charge in [-0.05, 0) is 50.1 Å². The average Bonchev–Trinajstić information content (AvgIpc) is 3.12. The molecule has 1 aromatic carbocycles. The normalized spacial score (nSPS) is 17.3. The number of rotatable bonds is 5. The van der Waals surface area contributed by atoms with E-state index in [0.717, 1.165) is 70.7 Å². The summed E-state index contributed by atoms with van der Waals surface area (Å²) in [6.45, 7) is 7.19. The predicted molar refractivity (Wildman–Crippen MR) is 119 cm³/mol. The minimum absolute atomic E-state index is 0.0752. The molecule has 2 aliphatic rings. The number of carbonyl (C=O) groups is 2. The van der Waals surface area contributed by atoms with Crippen molar-refractivity contribution in [2.75, 3.05) is 31.5 Å². The van der Waals surface area contributed by atoms with E-state index in [0.29, 0.717) is 12.1 Å². The van der Waals surface area contributed by atoms with Crippen molar-refractivity contribution in [3.05, 3.63) is 50.8 Å². The molecule has 0 bridgehead atoms. The zero-order chi connectivity index (χ0) is 20.5. The highest BCUT2D eigenvalue weighted by molar-refractivity contribution is 9.10. The number of carbonyl (C=O) groups excluding carboxylic acids is 2. The molecular formula is C22H25BrN4O2. The van der Waals surface area contributed by atoms with Crippen molar-refractivity contribution >= 4 is 45.1 Å². The van der Waals surface area contributed by atoms with Crippen molar-refractivity contribution in [2.45, 2.75) is 26.7 Å². The van der Waals surface area contributed by atoms with E-state index in [1.807, 2.05) is 36.1 Å². The van der Waals surface area contributed by atoms with E-state index in [1.165, 1.54) is 0 Å². The van der Waals surface area contributed by atoms with Gasteiger partial charge in [0.2, 0.25) is 0 Å². The van der Waals surface area contributed by atoms with Gasteiger partial charge in [0.15, 0.2) is 0 Å². The number of likely N-dealkylation sites (N-methyl/N-ethyl adjacent to an activating group) is 1. The Hall–Kier alpha value is -2.38. The van der Waals surface area contributed by atoms with Gasteiger partial charge in [-0.15, -0.1) is 0 Å². The number of hydrogen-bond donors (Lipinski definition) is 3. The Morgan fingerprint density at radius 1 is 1.28 bits per heavy atom. The minimum Gasteiger partial charge on any atom is -0.358 e. The van der Waals surface area contributed by atoms with Crippen LogP contribution in [0.3, 0.4) is 0 Å². The van der Waals surface area contributed by atoms with E-state index in [2.05, 4.69) is 38.5 Å². The summed E-state index contributed by atoms with van der Waals surface area (Å²) in [5, 5.41) is 6.20. The zero-order valence-electron chi connectivity index (χ0n) is 16.7. The Labute approximate surface area is 178 Å². The van der Waals surface area contributed by atoms with E-state index in [9.17, 15) is 9.59 Å². The van der Waals surface area contributed by atoms with Gasteiger partial charge in [-0.1, -0.05) is 28.9 Å². The number of anilines is 1. The van der Waals surface area contributed by atoms with Gasteiger partial charge < -0.3 is 20.5 Å². The van der Waals surface area contributed by atoms with Crippen LogP contribution in [-0.4, -0.2) is 47.9 Å². The van der Waals surface area contributed by atoms with Gasteiger partial charge in [0.25, 0.3) is 11.8 Å². The number of nitrogens with zero attached hydrogens (tertiary/aromatic N) is 1. The monoisotopic (exact) mass is 456 g/mol. The summed E-state index contributed by atoms with van der Waals surface area (Å²) in [7, 11) is 0. The number of aromatic nitrogens is 1. The molecule has 2 aromatic rings. The predicted octanol–water partition coefficient (Wildman–Crippen LogP) is 3.58. The number of fused-ring (bicyclic) bond motifs is 2. The number of amides is 2. The highest BCUT2D eigenvalue weighted by atomic mass is 79.9. The highest BCUT2D eigenvalue weighted by Crippen LogP contribution is 2.39. The van der Waals surface area contributed by atoms with Crippen LogP contribution >= 0.6 is 15.9 Å². The molecule has 2 aliphatic heterocycles. The maximum Gasteiger partial charge on any atom is 0.256 e. The summed E-state index contributed by atoms with van der Waals surface area (Å²) < 4.78 is 0.871. The second-order valence-corrected chi connectivity index (χ2v) is 8.30. The summed E-state index contributed by atoms with van der Waals surface area (Å²) in [5.74, 6) is -0.0547. The molecule has 7 heteroatoms. The third-order valence-electron chi connectivity index (χ3n) is 5.60. The second-order valence-electron chi connectivity index (χ2n) is 7.44. The van der Waals surface area contributed by atoms with Crippen LogP contribution in [0.5, 0.6) is 0 Å². The van der Waals surface area contributed by atoms with Crippen LogP contribution in [0.4, 0.5) is 5.69 Å². The number of aryl methyl sites for hydroxylation is 1. The second kappa shape index (κ2) is 8.16. The van der Waals surface area contributed by atoms with Crippen LogP contribution < -0.4 is 10.6 Å². The SMILES string of the molecule is CCNCCN1CCCc2[nH]c(/C=C3\C(=O)Nc4cccc(Br)c43)c(C)c2C1=O. The Balaban J connectivity index is 1.70. The number of H-pyrrole nitrogens is 1. The lowest BCUT2D eigenvalue weighted by atomic mass is 10.0. The van der Waals surface area contributed by atoms with E-state index in [4.69, 9.17) is 0 Å². The van der Waals surface area contributed by atoms with Crippen molar-refractivity contribution < 1.29 is 9.59 Å². The first kappa shape index (κ1) is 19.9. The van der Waals surface area contributed by atoms with Gasteiger partial charge in [0.1, 0.15) is 0 Å². The third-order valence-corrected chi connectivity index (χ3v) is 6.26. The zero-order valence-corrected chi connectivity index (χ0v) is 18.3. The summed E-state index contributed by atoms with van der Waals surface area (Å²) in [6, 6.07) is 5.71. The lowest BCUT2D eigenvalue weighted by Gasteiger charge is -2.21. The van der Waals surface area contributed by atoms with Gasteiger partial charge in [-0.2, -0.15) is 0 Å². The molecule has 0 atom stereocenters. The van der Waals surface area contributed by atoms with E-state index in [1.54, 1.807) is 0 Å². The fourth-order valence-electron chi connectivity index (χ4n) is 4.10. The third kappa shape index (κ3) is 3.65. The summed E-state index contributed by atoms with van der Waals surface area (Å²) >= 11 is 3.55. The van der Waals surface area contributed by atoms with E-state index < -0.39 is 0 Å². The maximum atomic E-state index is 13.2. The Bertz CT molecular complexity index is 1010. The van der Waals surface area contributed by atoms with Gasteiger partial charge in [-0.25, -0.2) is 0 Å². The van der Waals surface area contributed by atoms with Crippen LogP contribution in [0.15, 0.2) is 22.7 Å². The standard InChI is InChI=1S/C22H25BrN4O2/c1-3-24-9-11-27-10-5-8-16-19(22(27)29)13(2)18(25-16)12-14-20-15(23)6-4-7-17(20)26-21(14)28/h4,6-7,12,24-25H,3,5,8-11H2,1-2H3,(H,26,28)/b14-12-. The Kier molecular flexibility index (Phi) is 5.61. The molecule has 0 aliphatic carbocycles. The van der Waals surface area contributed by atoms with Crippen LogP contribution in [0, 0.1) is 6.92 Å². The summed E-state index contributed by atoms with van der Waals surface area (Å²) in [4.78, 5) is 31.1. The van der Waals surface area contributed by atoms with Crippen molar-refractivity contribution in [3.8, 4) is 0 Å². The lowest BCUT2D eigenvalue weighted by Crippen LogP contribution is -2.37. The fourth-order valence-corrected chi connectivity index (χ4v) is 4.68. The first-order chi connectivity index (χ1) is 14.0. The minimum atomic E-state index is -0.130. The maximum absolute atomic E-state index is 13.2. The number of halogens is 1. The molecular weight excluding hydrogens is 432 g/mol. The van der Waals surface area contributed by atoms with E-state index in [-0.39, 0.29) is 11.8 Å². The molecule has 4 rings (SSSR count).